The molecule has 20 heavy (non-hydrogen) atoms. The highest BCUT2D eigenvalue weighted by Crippen LogP contribution is 2.09. The lowest BCUT2D eigenvalue weighted by Gasteiger charge is -2.14. The van der Waals surface area contributed by atoms with E-state index in [-0.39, 0.29) is 0 Å². The van der Waals surface area contributed by atoms with Gasteiger partial charge in [0.25, 0.3) is 0 Å². The molecule has 3 nitrogen and oxygen atoms in total. The summed E-state index contributed by atoms with van der Waals surface area (Å²) in [6, 6.07) is 4.11. The Bertz CT molecular complexity index is 347. The van der Waals surface area contributed by atoms with Gasteiger partial charge in [0.2, 0.25) is 0 Å². The van der Waals surface area contributed by atoms with E-state index in [9.17, 15) is 0 Å². The van der Waals surface area contributed by atoms with Crippen molar-refractivity contribution in [1.29, 1.82) is 0 Å². The second-order valence-corrected chi connectivity index (χ2v) is 6.26. The number of nitrogens with zero attached hydrogens (tertiary/aromatic N) is 1. The molecule has 0 atom stereocenters. The second-order valence-electron chi connectivity index (χ2n) is 6.26. The van der Waals surface area contributed by atoms with Crippen molar-refractivity contribution in [3.05, 3.63) is 23.7 Å². The van der Waals surface area contributed by atoms with Gasteiger partial charge in [0.1, 0.15) is 11.5 Å². The third kappa shape index (κ3) is 8.39. The number of unbranched alkanes of at least 4 members (excludes halogenated alkanes) is 3. The summed E-state index contributed by atoms with van der Waals surface area (Å²) in [6.07, 6.45) is 5.23. The van der Waals surface area contributed by atoms with E-state index in [1.165, 1.54) is 32.2 Å². The summed E-state index contributed by atoms with van der Waals surface area (Å²) in [4.78, 5) is 2.34. The van der Waals surface area contributed by atoms with Crippen LogP contribution in [-0.4, -0.2) is 31.6 Å². The van der Waals surface area contributed by atoms with Crippen LogP contribution >= 0.6 is 0 Å². The number of nitrogens with one attached hydrogen (secondary N) is 1. The minimum atomic E-state index is 0.758. The fourth-order valence-corrected chi connectivity index (χ4v) is 2.29. The van der Waals surface area contributed by atoms with Crippen LogP contribution in [0.2, 0.25) is 0 Å². The Morgan fingerprint density at radius 3 is 2.55 bits per heavy atom. The molecule has 0 aromatic carbocycles. The Balaban J connectivity index is 1.93. The van der Waals surface area contributed by atoms with E-state index in [1.807, 2.05) is 13.0 Å². The molecule has 1 heterocycles. The van der Waals surface area contributed by atoms with Gasteiger partial charge >= 0.3 is 0 Å². The lowest BCUT2D eigenvalue weighted by molar-refractivity contribution is 0.285. The largest absolute Gasteiger partial charge is 0.465 e. The molecule has 0 saturated carbocycles. The first-order valence-corrected chi connectivity index (χ1v) is 8.02. The molecular weight excluding hydrogens is 248 g/mol. The van der Waals surface area contributed by atoms with Crippen molar-refractivity contribution in [2.24, 2.45) is 5.92 Å². The Labute approximate surface area is 124 Å². The Morgan fingerprint density at radius 2 is 1.90 bits per heavy atom. The molecule has 116 valence electrons. The van der Waals surface area contributed by atoms with E-state index in [2.05, 4.69) is 37.2 Å². The van der Waals surface area contributed by atoms with Crippen LogP contribution in [-0.2, 0) is 6.54 Å². The van der Waals surface area contributed by atoms with Crippen LogP contribution in [0.5, 0.6) is 0 Å². The molecule has 0 bridgehead atoms. The maximum Gasteiger partial charge on any atom is 0.118 e. The fourth-order valence-electron chi connectivity index (χ4n) is 2.29. The molecule has 0 radical (unpaired) electrons. The number of rotatable bonds is 11. The number of furan rings is 1. The average Bonchev–Trinajstić information content (AvgIpc) is 2.77. The normalized spacial score (nSPS) is 11.7. The van der Waals surface area contributed by atoms with E-state index >= 15 is 0 Å². The van der Waals surface area contributed by atoms with Crippen molar-refractivity contribution in [3.63, 3.8) is 0 Å². The third-order valence-electron chi connectivity index (χ3n) is 3.42. The van der Waals surface area contributed by atoms with Crippen molar-refractivity contribution in [3.8, 4) is 0 Å². The maximum absolute atomic E-state index is 5.60. The molecule has 1 N–H and O–H groups in total. The van der Waals surface area contributed by atoms with Crippen LogP contribution in [0, 0.1) is 12.8 Å². The van der Waals surface area contributed by atoms with Gasteiger partial charge in [0, 0.05) is 0 Å². The zero-order chi connectivity index (χ0) is 14.8. The van der Waals surface area contributed by atoms with Crippen LogP contribution in [0.3, 0.4) is 0 Å². The number of hydrogen-bond donors (Lipinski definition) is 1. The molecule has 0 unspecified atom stereocenters. The molecular formula is C17H32N2O. The molecule has 0 fully saturated rings. The van der Waals surface area contributed by atoms with Crippen molar-refractivity contribution >= 4 is 0 Å². The highest BCUT2D eigenvalue weighted by molar-refractivity contribution is 5.05. The van der Waals surface area contributed by atoms with Crippen molar-refractivity contribution in [1.82, 2.24) is 10.2 Å². The summed E-state index contributed by atoms with van der Waals surface area (Å²) >= 11 is 0. The van der Waals surface area contributed by atoms with Crippen LogP contribution in [0.15, 0.2) is 16.5 Å². The lowest BCUT2D eigenvalue weighted by Crippen LogP contribution is -2.21. The van der Waals surface area contributed by atoms with Gasteiger partial charge in [-0.25, -0.2) is 0 Å². The molecule has 0 aliphatic carbocycles. The van der Waals surface area contributed by atoms with Crippen molar-refractivity contribution in [2.75, 3.05) is 26.7 Å². The monoisotopic (exact) mass is 280 g/mol. The smallest absolute Gasteiger partial charge is 0.118 e. The third-order valence-corrected chi connectivity index (χ3v) is 3.42. The predicted octanol–water partition coefficient (Wildman–Crippen LogP) is 3.83. The van der Waals surface area contributed by atoms with Crippen molar-refractivity contribution < 1.29 is 4.42 Å². The molecule has 0 aliphatic heterocycles. The van der Waals surface area contributed by atoms with Gasteiger partial charge in [-0.2, -0.15) is 0 Å². The van der Waals surface area contributed by atoms with E-state index < -0.39 is 0 Å². The highest BCUT2D eigenvalue weighted by Gasteiger charge is 2.03. The lowest BCUT2D eigenvalue weighted by atomic mass is 10.1. The summed E-state index contributed by atoms with van der Waals surface area (Å²) in [5.41, 5.74) is 0. The fraction of sp³-hybridized carbons (Fsp3) is 0.765. The zero-order valence-corrected chi connectivity index (χ0v) is 13.7. The van der Waals surface area contributed by atoms with Crippen LogP contribution in [0.1, 0.15) is 51.1 Å². The molecule has 1 aromatic heterocycles. The molecule has 0 amide bonds. The number of aryl methyl sites for hydroxylation is 1. The Kier molecular flexibility index (Phi) is 8.63. The molecule has 3 heteroatoms. The SMILES string of the molecule is Cc1ccc(CN(C)CCCCCCNCC(C)C)o1. The topological polar surface area (TPSA) is 28.4 Å². The molecule has 1 rings (SSSR count). The maximum atomic E-state index is 5.60. The minimum Gasteiger partial charge on any atom is -0.465 e. The predicted molar refractivity (Wildman–Crippen MR) is 86.0 cm³/mol. The van der Waals surface area contributed by atoms with Gasteiger partial charge in [-0.05, 0) is 64.5 Å². The van der Waals surface area contributed by atoms with Gasteiger partial charge in [0.05, 0.1) is 6.54 Å². The van der Waals surface area contributed by atoms with E-state index in [0.717, 1.165) is 37.1 Å². The summed E-state index contributed by atoms with van der Waals surface area (Å²) in [7, 11) is 2.17. The number of hydrogen-bond acceptors (Lipinski definition) is 3. The molecule has 1 aromatic rings. The summed E-state index contributed by atoms with van der Waals surface area (Å²) in [5.74, 6) is 2.83. The van der Waals surface area contributed by atoms with Gasteiger partial charge in [0.15, 0.2) is 0 Å². The van der Waals surface area contributed by atoms with Gasteiger partial charge in [-0.3, -0.25) is 4.90 Å². The first-order valence-electron chi connectivity index (χ1n) is 8.02. The van der Waals surface area contributed by atoms with Crippen LogP contribution < -0.4 is 5.32 Å². The van der Waals surface area contributed by atoms with Gasteiger partial charge in [-0.1, -0.05) is 26.7 Å². The zero-order valence-electron chi connectivity index (χ0n) is 13.7. The Hall–Kier alpha value is -0.800. The van der Waals surface area contributed by atoms with Crippen LogP contribution in [0.25, 0.3) is 0 Å². The first-order chi connectivity index (χ1) is 9.58. The quantitative estimate of drug-likeness (QED) is 0.625. The summed E-state index contributed by atoms with van der Waals surface area (Å²) in [5, 5.41) is 3.50. The van der Waals surface area contributed by atoms with E-state index in [0.29, 0.717) is 0 Å². The van der Waals surface area contributed by atoms with Gasteiger partial charge < -0.3 is 9.73 Å². The Morgan fingerprint density at radius 1 is 1.15 bits per heavy atom. The molecule has 0 saturated heterocycles. The standard InChI is InChI=1S/C17H32N2O/c1-15(2)13-18-11-7-5-6-8-12-19(4)14-17-10-9-16(3)20-17/h9-10,15,18H,5-8,11-14H2,1-4H3. The summed E-state index contributed by atoms with van der Waals surface area (Å²) < 4.78 is 5.60. The first kappa shape index (κ1) is 17.3. The summed E-state index contributed by atoms with van der Waals surface area (Å²) in [6.45, 7) is 10.9. The minimum absolute atomic E-state index is 0.758. The molecule has 0 spiro atoms. The van der Waals surface area contributed by atoms with Gasteiger partial charge in [-0.15, -0.1) is 0 Å². The highest BCUT2D eigenvalue weighted by atomic mass is 16.3. The average molecular weight is 280 g/mol. The van der Waals surface area contributed by atoms with Crippen LogP contribution in [0.4, 0.5) is 0 Å². The second kappa shape index (κ2) is 10.0. The van der Waals surface area contributed by atoms with E-state index in [4.69, 9.17) is 4.42 Å². The van der Waals surface area contributed by atoms with Crippen molar-refractivity contribution in [2.45, 2.75) is 53.0 Å². The van der Waals surface area contributed by atoms with E-state index in [1.54, 1.807) is 0 Å². The molecule has 0 aliphatic rings.